The van der Waals surface area contributed by atoms with Crippen molar-refractivity contribution in [3.63, 3.8) is 0 Å². The fraction of sp³-hybridized carbons (Fsp3) is 0.360. The van der Waals surface area contributed by atoms with Crippen LogP contribution in [0.3, 0.4) is 0 Å². The maximum atomic E-state index is 13.3. The Hall–Kier alpha value is -3.72. The summed E-state index contributed by atoms with van der Waals surface area (Å²) in [5.41, 5.74) is 0.346. The van der Waals surface area contributed by atoms with Crippen LogP contribution in [0.5, 0.6) is 11.5 Å². The van der Waals surface area contributed by atoms with Gasteiger partial charge in [-0.05, 0) is 49.2 Å². The number of imide groups is 1. The summed E-state index contributed by atoms with van der Waals surface area (Å²) in [6, 6.07) is 14.0. The summed E-state index contributed by atoms with van der Waals surface area (Å²) >= 11 is 0. The number of nitrogens with zero attached hydrogens (tertiary/aromatic N) is 2. The third-order valence-corrected chi connectivity index (χ3v) is 5.71. The molecule has 0 saturated carbocycles. The molecule has 34 heavy (non-hydrogen) atoms. The smallest absolute Gasteiger partial charge is 0.308 e. The summed E-state index contributed by atoms with van der Waals surface area (Å²) in [6.07, 6.45) is 1.33. The second-order valence-electron chi connectivity index (χ2n) is 8.16. The number of benzene rings is 2. The standard InChI is InChI=1S/C25H26N2O7/c1-17(28)34-20-11-9-18(10-12-20)27-23(29)14-22(25(27)31)26(15-21-8-5-13-32-21)24(30)16-33-19-6-3-2-4-7-19/h2-4,6-7,9-12,21-22H,5,8,13-16H2,1H3. The van der Waals surface area contributed by atoms with Crippen molar-refractivity contribution in [3.8, 4) is 11.5 Å². The van der Waals surface area contributed by atoms with Gasteiger partial charge in [-0.25, -0.2) is 4.90 Å². The van der Waals surface area contributed by atoms with E-state index >= 15 is 0 Å². The molecule has 2 aliphatic rings. The molecule has 2 unspecified atom stereocenters. The molecule has 0 aromatic heterocycles. The van der Waals surface area contributed by atoms with Crippen LogP contribution in [0.1, 0.15) is 26.2 Å². The molecule has 4 rings (SSSR count). The normalized spacial score (nSPS) is 19.9. The Bertz CT molecular complexity index is 1050. The first-order valence-corrected chi connectivity index (χ1v) is 11.2. The molecule has 178 valence electrons. The van der Waals surface area contributed by atoms with E-state index in [-0.39, 0.29) is 25.7 Å². The minimum atomic E-state index is -0.947. The van der Waals surface area contributed by atoms with Gasteiger partial charge in [0, 0.05) is 20.1 Å². The Kier molecular flexibility index (Phi) is 7.22. The van der Waals surface area contributed by atoms with Crippen LogP contribution in [0.15, 0.2) is 54.6 Å². The molecular weight excluding hydrogens is 440 g/mol. The van der Waals surface area contributed by atoms with Gasteiger partial charge in [-0.15, -0.1) is 0 Å². The minimum Gasteiger partial charge on any atom is -0.484 e. The van der Waals surface area contributed by atoms with Gasteiger partial charge < -0.3 is 19.1 Å². The number of anilines is 1. The van der Waals surface area contributed by atoms with Crippen molar-refractivity contribution >= 4 is 29.4 Å². The van der Waals surface area contributed by atoms with Crippen molar-refractivity contribution in [2.24, 2.45) is 0 Å². The van der Waals surface area contributed by atoms with Crippen molar-refractivity contribution < 1.29 is 33.4 Å². The van der Waals surface area contributed by atoms with Crippen LogP contribution in [0.2, 0.25) is 0 Å². The van der Waals surface area contributed by atoms with Gasteiger partial charge in [-0.1, -0.05) is 18.2 Å². The summed E-state index contributed by atoms with van der Waals surface area (Å²) in [5, 5.41) is 0. The predicted molar refractivity (Wildman–Crippen MR) is 121 cm³/mol. The molecule has 0 N–H and O–H groups in total. The molecule has 2 saturated heterocycles. The van der Waals surface area contributed by atoms with Gasteiger partial charge >= 0.3 is 5.97 Å². The minimum absolute atomic E-state index is 0.131. The summed E-state index contributed by atoms with van der Waals surface area (Å²) in [7, 11) is 0. The van der Waals surface area contributed by atoms with E-state index in [1.54, 1.807) is 24.3 Å². The van der Waals surface area contributed by atoms with Crippen molar-refractivity contribution in [3.05, 3.63) is 54.6 Å². The lowest BCUT2D eigenvalue weighted by atomic mass is 10.1. The number of rotatable bonds is 8. The Balaban J connectivity index is 1.51. The van der Waals surface area contributed by atoms with Crippen LogP contribution in [0.4, 0.5) is 5.69 Å². The van der Waals surface area contributed by atoms with Crippen LogP contribution in [-0.2, 0) is 23.9 Å². The highest BCUT2D eigenvalue weighted by Crippen LogP contribution is 2.28. The Morgan fingerprint density at radius 3 is 2.44 bits per heavy atom. The molecule has 0 radical (unpaired) electrons. The molecule has 2 aromatic rings. The molecule has 0 bridgehead atoms. The number of para-hydroxylation sites is 1. The monoisotopic (exact) mass is 466 g/mol. The lowest BCUT2D eigenvalue weighted by Crippen LogP contribution is -2.50. The van der Waals surface area contributed by atoms with Gasteiger partial charge in [0.05, 0.1) is 18.2 Å². The van der Waals surface area contributed by atoms with Gasteiger partial charge in [0.25, 0.3) is 11.8 Å². The SMILES string of the molecule is CC(=O)Oc1ccc(N2C(=O)CC(N(CC3CCCO3)C(=O)COc3ccccc3)C2=O)cc1. The summed E-state index contributed by atoms with van der Waals surface area (Å²) in [4.78, 5) is 52.9. The number of amides is 3. The number of carbonyl (C=O) groups is 4. The largest absolute Gasteiger partial charge is 0.484 e. The molecule has 2 heterocycles. The lowest BCUT2D eigenvalue weighted by molar-refractivity contribution is -0.141. The fourth-order valence-corrected chi connectivity index (χ4v) is 4.12. The van der Waals surface area contributed by atoms with Crippen molar-refractivity contribution in [2.75, 3.05) is 24.7 Å². The number of esters is 1. The van der Waals surface area contributed by atoms with E-state index < -0.39 is 29.7 Å². The van der Waals surface area contributed by atoms with E-state index in [2.05, 4.69) is 0 Å². The van der Waals surface area contributed by atoms with Crippen molar-refractivity contribution in [1.29, 1.82) is 0 Å². The number of hydrogen-bond donors (Lipinski definition) is 0. The molecule has 2 atom stereocenters. The van der Waals surface area contributed by atoms with E-state index in [4.69, 9.17) is 14.2 Å². The zero-order valence-electron chi connectivity index (χ0n) is 18.8. The van der Waals surface area contributed by atoms with E-state index in [0.29, 0.717) is 23.8 Å². The molecule has 2 aliphatic heterocycles. The molecule has 2 aromatic carbocycles. The average molecular weight is 466 g/mol. The summed E-state index contributed by atoms with van der Waals surface area (Å²) in [6.45, 7) is 1.84. The summed E-state index contributed by atoms with van der Waals surface area (Å²) < 4.78 is 16.3. The lowest BCUT2D eigenvalue weighted by Gasteiger charge is -2.29. The molecule has 9 nitrogen and oxygen atoms in total. The van der Waals surface area contributed by atoms with Crippen molar-refractivity contribution in [2.45, 2.75) is 38.3 Å². The Morgan fingerprint density at radius 1 is 1.06 bits per heavy atom. The Morgan fingerprint density at radius 2 is 1.79 bits per heavy atom. The second-order valence-corrected chi connectivity index (χ2v) is 8.16. The third-order valence-electron chi connectivity index (χ3n) is 5.71. The molecule has 3 amide bonds. The van der Waals surface area contributed by atoms with Crippen LogP contribution in [0, 0.1) is 0 Å². The van der Waals surface area contributed by atoms with Gasteiger partial charge in [-0.2, -0.15) is 0 Å². The zero-order valence-corrected chi connectivity index (χ0v) is 18.8. The molecule has 0 aliphatic carbocycles. The molecule has 2 fully saturated rings. The maximum Gasteiger partial charge on any atom is 0.308 e. The first kappa shape index (κ1) is 23.4. The molecule has 9 heteroatoms. The van der Waals surface area contributed by atoms with E-state index in [1.807, 2.05) is 6.07 Å². The first-order valence-electron chi connectivity index (χ1n) is 11.2. The number of carbonyl (C=O) groups excluding carboxylic acids is 4. The van der Waals surface area contributed by atoms with Crippen LogP contribution >= 0.6 is 0 Å². The van der Waals surface area contributed by atoms with E-state index in [0.717, 1.165) is 17.7 Å². The van der Waals surface area contributed by atoms with Crippen molar-refractivity contribution in [1.82, 2.24) is 4.90 Å². The summed E-state index contributed by atoms with van der Waals surface area (Å²) in [5.74, 6) is -0.920. The van der Waals surface area contributed by atoms with E-state index in [1.165, 1.54) is 36.1 Å². The number of ether oxygens (including phenoxy) is 3. The predicted octanol–water partition coefficient (Wildman–Crippen LogP) is 2.33. The molecular formula is C25H26N2O7. The second kappa shape index (κ2) is 10.5. The average Bonchev–Trinajstić information content (AvgIpc) is 3.44. The Labute approximate surface area is 197 Å². The van der Waals surface area contributed by atoms with Crippen LogP contribution in [-0.4, -0.2) is 60.5 Å². The highest BCUT2D eigenvalue weighted by Gasteiger charge is 2.45. The highest BCUT2D eigenvalue weighted by atomic mass is 16.5. The first-order chi connectivity index (χ1) is 16.4. The van der Waals surface area contributed by atoms with Gasteiger partial charge in [0.15, 0.2) is 6.61 Å². The zero-order chi connectivity index (χ0) is 24.1. The number of hydrogen-bond acceptors (Lipinski definition) is 7. The molecule has 0 spiro atoms. The highest BCUT2D eigenvalue weighted by molar-refractivity contribution is 6.23. The van der Waals surface area contributed by atoms with Crippen LogP contribution < -0.4 is 14.4 Å². The van der Waals surface area contributed by atoms with Gasteiger partial charge in [0.1, 0.15) is 17.5 Å². The third kappa shape index (κ3) is 5.43. The van der Waals surface area contributed by atoms with Crippen LogP contribution in [0.25, 0.3) is 0 Å². The van der Waals surface area contributed by atoms with Gasteiger partial charge in [0.2, 0.25) is 5.91 Å². The quantitative estimate of drug-likeness (QED) is 0.334. The van der Waals surface area contributed by atoms with E-state index in [9.17, 15) is 19.2 Å². The van der Waals surface area contributed by atoms with Gasteiger partial charge in [-0.3, -0.25) is 19.2 Å². The fourth-order valence-electron chi connectivity index (χ4n) is 4.12. The topological polar surface area (TPSA) is 102 Å². The maximum absolute atomic E-state index is 13.3.